The molecular formula is C16H15FN2O2S2. The van der Waals surface area contributed by atoms with Gasteiger partial charge in [0.2, 0.25) is 5.91 Å². The Hall–Kier alpha value is -1.86. The van der Waals surface area contributed by atoms with Crippen molar-refractivity contribution in [2.24, 2.45) is 0 Å². The lowest BCUT2D eigenvalue weighted by molar-refractivity contribution is -0.122. The van der Waals surface area contributed by atoms with Crippen LogP contribution in [0.3, 0.4) is 0 Å². The van der Waals surface area contributed by atoms with E-state index in [1.165, 1.54) is 40.1 Å². The minimum atomic E-state index is -0.339. The van der Waals surface area contributed by atoms with Crippen LogP contribution in [-0.4, -0.2) is 34.9 Å². The molecule has 120 valence electrons. The van der Waals surface area contributed by atoms with Crippen molar-refractivity contribution in [1.82, 2.24) is 10.2 Å². The number of benzene rings is 1. The van der Waals surface area contributed by atoms with Crippen LogP contribution in [0, 0.1) is 5.82 Å². The van der Waals surface area contributed by atoms with E-state index in [2.05, 4.69) is 5.32 Å². The number of carbonyl (C=O) groups excluding carboxylic acids is 2. The Balaban J connectivity index is 1.75. The normalized spacial score (nSPS) is 15.7. The first-order valence-electron chi connectivity index (χ1n) is 7.13. The number of carbonyl (C=O) groups is 2. The predicted octanol–water partition coefficient (Wildman–Crippen LogP) is 3.26. The average Bonchev–Trinajstić information content (AvgIpc) is 3.19. The Morgan fingerprint density at radius 1 is 1.30 bits per heavy atom. The van der Waals surface area contributed by atoms with Gasteiger partial charge in [0.05, 0.1) is 6.04 Å². The third-order valence-electron chi connectivity index (χ3n) is 3.52. The van der Waals surface area contributed by atoms with Crippen molar-refractivity contribution >= 4 is 34.2 Å². The molecule has 1 unspecified atom stereocenters. The molecule has 1 aliphatic rings. The molecule has 1 aromatic heterocycles. The van der Waals surface area contributed by atoms with E-state index in [0.717, 1.165) is 16.2 Å². The minimum Gasteiger partial charge on any atom is -0.343 e. The lowest BCUT2D eigenvalue weighted by atomic mass is 10.1. The van der Waals surface area contributed by atoms with Crippen LogP contribution in [0.1, 0.15) is 16.5 Å². The number of nitrogens with zero attached hydrogens (tertiary/aromatic N) is 1. The van der Waals surface area contributed by atoms with Crippen molar-refractivity contribution in [2.75, 3.05) is 18.8 Å². The third kappa shape index (κ3) is 3.92. The van der Waals surface area contributed by atoms with Crippen LogP contribution in [0.25, 0.3) is 0 Å². The summed E-state index contributed by atoms with van der Waals surface area (Å²) in [7, 11) is 0. The zero-order chi connectivity index (χ0) is 16.2. The van der Waals surface area contributed by atoms with Crippen LogP contribution >= 0.6 is 23.1 Å². The quantitative estimate of drug-likeness (QED) is 0.900. The van der Waals surface area contributed by atoms with Gasteiger partial charge in [-0.3, -0.25) is 9.59 Å². The smallest absolute Gasteiger partial charge is 0.282 e. The third-order valence-corrected chi connectivity index (χ3v) is 5.34. The van der Waals surface area contributed by atoms with Gasteiger partial charge in [-0.25, -0.2) is 4.39 Å². The molecule has 2 aromatic rings. The van der Waals surface area contributed by atoms with E-state index in [0.29, 0.717) is 6.54 Å². The summed E-state index contributed by atoms with van der Waals surface area (Å²) >= 11 is 2.75. The summed E-state index contributed by atoms with van der Waals surface area (Å²) < 4.78 is 13.1. The molecule has 0 bridgehead atoms. The molecule has 1 N–H and O–H groups in total. The number of hydrogen-bond acceptors (Lipinski definition) is 4. The molecule has 0 spiro atoms. The highest BCUT2D eigenvalue weighted by molar-refractivity contribution is 8.13. The number of amides is 2. The van der Waals surface area contributed by atoms with E-state index >= 15 is 0 Å². The van der Waals surface area contributed by atoms with E-state index in [1.54, 1.807) is 12.1 Å². The van der Waals surface area contributed by atoms with Crippen LogP contribution in [0.2, 0.25) is 0 Å². The van der Waals surface area contributed by atoms with Crippen molar-refractivity contribution in [3.05, 3.63) is 58.0 Å². The SMILES string of the molecule is O=C(CN1CCSC1=O)NC(c1ccc(F)cc1)c1cccs1. The van der Waals surface area contributed by atoms with Gasteiger partial charge in [0.1, 0.15) is 12.4 Å². The number of halogens is 1. The van der Waals surface area contributed by atoms with E-state index in [9.17, 15) is 14.0 Å². The zero-order valence-corrected chi connectivity index (χ0v) is 13.8. The predicted molar refractivity (Wildman–Crippen MR) is 90.1 cm³/mol. The second kappa shape index (κ2) is 7.14. The van der Waals surface area contributed by atoms with Crippen molar-refractivity contribution in [2.45, 2.75) is 6.04 Å². The summed E-state index contributed by atoms with van der Waals surface area (Å²) in [6.07, 6.45) is 0. The molecule has 0 aliphatic carbocycles. The molecule has 1 aromatic carbocycles. The molecule has 1 fully saturated rings. The van der Waals surface area contributed by atoms with Crippen LogP contribution in [0.15, 0.2) is 41.8 Å². The number of rotatable bonds is 5. The summed E-state index contributed by atoms with van der Waals surface area (Å²) in [6.45, 7) is 0.645. The van der Waals surface area contributed by atoms with E-state index in [-0.39, 0.29) is 29.6 Å². The maximum atomic E-state index is 13.1. The highest BCUT2D eigenvalue weighted by Gasteiger charge is 2.25. The van der Waals surface area contributed by atoms with Crippen molar-refractivity contribution in [1.29, 1.82) is 0 Å². The summed E-state index contributed by atoms with van der Waals surface area (Å²) in [5, 5.41) is 4.82. The van der Waals surface area contributed by atoms with Crippen LogP contribution in [-0.2, 0) is 4.79 Å². The number of hydrogen-bond donors (Lipinski definition) is 1. The van der Waals surface area contributed by atoms with Gasteiger partial charge in [-0.2, -0.15) is 0 Å². The van der Waals surface area contributed by atoms with Gasteiger partial charge in [0.25, 0.3) is 5.24 Å². The fourth-order valence-electron chi connectivity index (χ4n) is 2.38. The molecule has 0 radical (unpaired) electrons. The highest BCUT2D eigenvalue weighted by Crippen LogP contribution is 2.26. The summed E-state index contributed by atoms with van der Waals surface area (Å²) in [5.41, 5.74) is 0.810. The molecule has 4 nitrogen and oxygen atoms in total. The second-order valence-corrected chi connectivity index (χ2v) is 7.13. The standard InChI is InChI=1S/C16H15FN2O2S2/c17-12-5-3-11(4-6-12)15(13-2-1-8-22-13)18-14(20)10-19-7-9-23-16(19)21/h1-6,8,15H,7,9-10H2,(H,18,20). The Morgan fingerprint density at radius 3 is 2.70 bits per heavy atom. The van der Waals surface area contributed by atoms with Crippen molar-refractivity contribution < 1.29 is 14.0 Å². The molecule has 1 aliphatic heterocycles. The van der Waals surface area contributed by atoms with Gasteiger partial charge < -0.3 is 10.2 Å². The number of thiophene rings is 1. The van der Waals surface area contributed by atoms with Gasteiger partial charge in [0, 0.05) is 17.2 Å². The molecule has 2 heterocycles. The molecule has 3 rings (SSSR count). The summed E-state index contributed by atoms with van der Waals surface area (Å²) in [6, 6.07) is 9.58. The Bertz CT molecular complexity index is 689. The van der Waals surface area contributed by atoms with Crippen molar-refractivity contribution in [3.63, 3.8) is 0 Å². The van der Waals surface area contributed by atoms with Gasteiger partial charge in [0.15, 0.2) is 0 Å². The molecule has 0 saturated carbocycles. The first-order valence-corrected chi connectivity index (χ1v) is 9.00. The Kier molecular flexibility index (Phi) is 4.97. The Morgan fingerprint density at radius 2 is 2.09 bits per heavy atom. The first-order chi connectivity index (χ1) is 11.1. The van der Waals surface area contributed by atoms with Gasteiger partial charge in [-0.05, 0) is 29.1 Å². The molecule has 23 heavy (non-hydrogen) atoms. The van der Waals surface area contributed by atoms with Crippen LogP contribution in [0.5, 0.6) is 0 Å². The average molecular weight is 350 g/mol. The van der Waals surface area contributed by atoms with Crippen molar-refractivity contribution in [3.8, 4) is 0 Å². The number of thioether (sulfide) groups is 1. The van der Waals surface area contributed by atoms with Gasteiger partial charge in [-0.15, -0.1) is 11.3 Å². The monoisotopic (exact) mass is 350 g/mol. The zero-order valence-electron chi connectivity index (χ0n) is 12.2. The number of nitrogens with one attached hydrogen (secondary N) is 1. The molecule has 7 heteroatoms. The fraction of sp³-hybridized carbons (Fsp3) is 0.250. The molecule has 2 amide bonds. The van der Waals surface area contributed by atoms with E-state index in [4.69, 9.17) is 0 Å². The lowest BCUT2D eigenvalue weighted by Gasteiger charge is -2.20. The van der Waals surface area contributed by atoms with Crippen LogP contribution in [0.4, 0.5) is 9.18 Å². The molecule has 1 atom stereocenters. The summed E-state index contributed by atoms with van der Waals surface area (Å²) in [5.74, 6) is 0.187. The maximum Gasteiger partial charge on any atom is 0.282 e. The first kappa shape index (κ1) is 16.0. The van der Waals surface area contributed by atoms with Crippen LogP contribution < -0.4 is 5.32 Å². The molecular weight excluding hydrogens is 335 g/mol. The Labute approximate surface area is 141 Å². The minimum absolute atomic E-state index is 0.0505. The topological polar surface area (TPSA) is 49.4 Å². The highest BCUT2D eigenvalue weighted by atomic mass is 32.2. The van der Waals surface area contributed by atoms with E-state index < -0.39 is 0 Å². The largest absolute Gasteiger partial charge is 0.343 e. The fourth-order valence-corrected chi connectivity index (χ4v) is 4.01. The van der Waals surface area contributed by atoms with Gasteiger partial charge >= 0.3 is 0 Å². The van der Waals surface area contributed by atoms with E-state index in [1.807, 2.05) is 17.5 Å². The maximum absolute atomic E-state index is 13.1. The summed E-state index contributed by atoms with van der Waals surface area (Å²) in [4.78, 5) is 26.4. The molecule has 1 saturated heterocycles. The second-order valence-electron chi connectivity index (χ2n) is 5.10. The lowest BCUT2D eigenvalue weighted by Crippen LogP contribution is -2.39. The van der Waals surface area contributed by atoms with Gasteiger partial charge in [-0.1, -0.05) is 30.0 Å².